The fraction of sp³-hybridized carbons (Fsp3) is 0.0417. The highest BCUT2D eigenvalue weighted by atomic mass is 32.2. The van der Waals surface area contributed by atoms with Gasteiger partial charge in [0, 0.05) is 12.1 Å². The van der Waals surface area contributed by atoms with Crippen LogP contribution in [0.25, 0.3) is 6.08 Å². The highest BCUT2D eigenvalue weighted by molar-refractivity contribution is 8.18. The zero-order chi connectivity index (χ0) is 23.4. The van der Waals surface area contributed by atoms with Crippen LogP contribution < -0.4 is 10.1 Å². The predicted octanol–water partition coefficient (Wildman–Crippen LogP) is 5.46. The summed E-state index contributed by atoms with van der Waals surface area (Å²) in [5.74, 6) is 0.445. The van der Waals surface area contributed by atoms with Gasteiger partial charge >= 0.3 is 0 Å². The fourth-order valence-corrected chi connectivity index (χ4v) is 3.78. The number of ether oxygens (including phenoxy) is 1. The molecule has 33 heavy (non-hydrogen) atoms. The number of carbonyl (C=O) groups excluding carboxylic acids is 1. The highest BCUT2D eigenvalue weighted by Crippen LogP contribution is 2.31. The molecule has 0 bridgehead atoms. The Morgan fingerprint density at radius 3 is 2.52 bits per heavy atom. The van der Waals surface area contributed by atoms with Crippen molar-refractivity contribution in [3.8, 4) is 17.6 Å². The number of amides is 1. The number of carbonyl (C=O) groups is 1. The number of nitro benzene ring substituents is 1. The number of nitrogens with zero attached hydrogens (tertiary/aromatic N) is 3. The van der Waals surface area contributed by atoms with Crippen LogP contribution in [0.3, 0.4) is 0 Å². The Labute approximate surface area is 193 Å². The van der Waals surface area contributed by atoms with E-state index < -0.39 is 4.92 Å². The predicted molar refractivity (Wildman–Crippen MR) is 126 cm³/mol. The monoisotopic (exact) mass is 456 g/mol. The van der Waals surface area contributed by atoms with Crippen molar-refractivity contribution in [3.05, 3.63) is 98.4 Å². The van der Waals surface area contributed by atoms with Gasteiger partial charge in [-0.2, -0.15) is 5.26 Å². The first kappa shape index (κ1) is 21.8. The maximum Gasteiger partial charge on any atom is 0.271 e. The van der Waals surface area contributed by atoms with Crippen LogP contribution in [-0.4, -0.2) is 16.0 Å². The normalized spacial score (nSPS) is 15.3. The Bertz CT molecular complexity index is 1340. The molecule has 1 N–H and O–H groups in total. The lowest BCUT2D eigenvalue weighted by Crippen LogP contribution is -2.19. The second-order valence-electron chi connectivity index (χ2n) is 7.04. The lowest BCUT2D eigenvalue weighted by Gasteiger charge is -2.07. The van der Waals surface area contributed by atoms with Crippen LogP contribution in [0.2, 0.25) is 0 Å². The molecule has 0 atom stereocenters. The number of nitriles is 1. The van der Waals surface area contributed by atoms with Gasteiger partial charge in [0.25, 0.3) is 11.6 Å². The molecule has 1 heterocycles. The molecule has 0 aromatic heterocycles. The van der Waals surface area contributed by atoms with Gasteiger partial charge in [-0.15, -0.1) is 0 Å². The molecule has 9 heteroatoms. The number of thioether (sulfide) groups is 1. The number of nitro groups is 1. The lowest BCUT2D eigenvalue weighted by atomic mass is 10.2. The van der Waals surface area contributed by atoms with Crippen LogP contribution in [0, 0.1) is 28.4 Å². The second-order valence-corrected chi connectivity index (χ2v) is 8.07. The molecule has 1 aliphatic heterocycles. The number of non-ortho nitro benzene ring substituents is 1. The van der Waals surface area contributed by atoms with Gasteiger partial charge in [0.15, 0.2) is 5.17 Å². The molecule has 0 radical (unpaired) electrons. The molecule has 4 rings (SSSR count). The van der Waals surface area contributed by atoms with Crippen LogP contribution in [0.15, 0.2) is 76.6 Å². The minimum Gasteiger partial charge on any atom is -0.456 e. The third-order valence-corrected chi connectivity index (χ3v) is 5.53. The summed E-state index contributed by atoms with van der Waals surface area (Å²) in [5.41, 5.74) is 2.55. The van der Waals surface area contributed by atoms with E-state index in [0.29, 0.717) is 15.8 Å². The molecule has 0 spiro atoms. The minimum atomic E-state index is -0.568. The number of aryl methyl sites for hydroxylation is 1. The molecule has 8 nitrogen and oxygen atoms in total. The van der Waals surface area contributed by atoms with Crippen molar-refractivity contribution in [3.63, 3.8) is 0 Å². The fourth-order valence-electron chi connectivity index (χ4n) is 2.94. The summed E-state index contributed by atoms with van der Waals surface area (Å²) in [5, 5.41) is 23.4. The van der Waals surface area contributed by atoms with Crippen LogP contribution in [0.5, 0.6) is 11.5 Å². The number of hydrogen-bond acceptors (Lipinski definition) is 7. The van der Waals surface area contributed by atoms with Crippen molar-refractivity contribution in [2.75, 3.05) is 0 Å². The van der Waals surface area contributed by atoms with Gasteiger partial charge in [-0.3, -0.25) is 14.9 Å². The summed E-state index contributed by atoms with van der Waals surface area (Å²) in [6, 6.07) is 20.3. The molecular weight excluding hydrogens is 440 g/mol. The molecular formula is C24H16N4O4S. The molecule has 1 amide bonds. The van der Waals surface area contributed by atoms with Crippen molar-refractivity contribution in [2.45, 2.75) is 6.92 Å². The SMILES string of the molecule is Cc1ccc(N=C2NC(=O)/C(=C/c3ccc(Oc4ccc([N+](=O)[O-])cc4C#N)cc3)S2)cc1. The van der Waals surface area contributed by atoms with E-state index in [9.17, 15) is 20.2 Å². The average molecular weight is 456 g/mol. The second kappa shape index (κ2) is 9.38. The number of amidine groups is 1. The topological polar surface area (TPSA) is 118 Å². The smallest absolute Gasteiger partial charge is 0.271 e. The van der Waals surface area contributed by atoms with Crippen molar-refractivity contribution < 1.29 is 14.5 Å². The van der Waals surface area contributed by atoms with E-state index in [-0.39, 0.29) is 22.9 Å². The van der Waals surface area contributed by atoms with E-state index >= 15 is 0 Å². The van der Waals surface area contributed by atoms with E-state index in [1.54, 1.807) is 30.3 Å². The highest BCUT2D eigenvalue weighted by Gasteiger charge is 2.23. The number of hydrogen-bond donors (Lipinski definition) is 1. The van der Waals surface area contributed by atoms with Crippen LogP contribution in [0.4, 0.5) is 11.4 Å². The molecule has 3 aromatic carbocycles. The quantitative estimate of drug-likeness (QED) is 0.309. The Balaban J connectivity index is 1.47. The van der Waals surface area contributed by atoms with Gasteiger partial charge < -0.3 is 10.1 Å². The minimum absolute atomic E-state index is 0.0646. The standard InChI is InChI=1S/C24H16N4O4S/c1-15-2-6-18(7-3-15)26-24-27-23(29)22(33-24)12-16-4-9-20(10-5-16)32-21-11-8-19(28(30)31)13-17(21)14-25/h2-13H,1H3,(H,26,27,29)/b22-12-. The first-order valence-electron chi connectivity index (χ1n) is 9.74. The van der Waals surface area contributed by atoms with Crippen molar-refractivity contribution >= 4 is 40.3 Å². The first-order valence-corrected chi connectivity index (χ1v) is 10.6. The maximum atomic E-state index is 12.3. The van der Waals surface area contributed by atoms with Gasteiger partial charge in [-0.25, -0.2) is 4.99 Å². The van der Waals surface area contributed by atoms with Gasteiger partial charge in [0.2, 0.25) is 0 Å². The van der Waals surface area contributed by atoms with Crippen molar-refractivity contribution in [1.82, 2.24) is 5.32 Å². The molecule has 1 aliphatic rings. The van der Waals surface area contributed by atoms with Crippen molar-refractivity contribution in [2.24, 2.45) is 4.99 Å². The van der Waals surface area contributed by atoms with E-state index in [1.165, 1.54) is 30.0 Å². The third-order valence-electron chi connectivity index (χ3n) is 4.62. The molecule has 162 valence electrons. The molecule has 0 unspecified atom stereocenters. The molecule has 0 saturated carbocycles. The molecule has 0 aliphatic carbocycles. The summed E-state index contributed by atoms with van der Waals surface area (Å²) in [6.45, 7) is 1.99. The van der Waals surface area contributed by atoms with Crippen LogP contribution >= 0.6 is 11.8 Å². The van der Waals surface area contributed by atoms with Gasteiger partial charge in [-0.05, 0) is 60.7 Å². The van der Waals surface area contributed by atoms with E-state index in [2.05, 4.69) is 10.3 Å². The summed E-state index contributed by atoms with van der Waals surface area (Å²) in [7, 11) is 0. The summed E-state index contributed by atoms with van der Waals surface area (Å²) >= 11 is 1.26. The number of rotatable bonds is 5. The van der Waals surface area contributed by atoms with Crippen molar-refractivity contribution in [1.29, 1.82) is 5.26 Å². The summed E-state index contributed by atoms with van der Waals surface area (Å²) < 4.78 is 5.70. The number of benzene rings is 3. The zero-order valence-electron chi connectivity index (χ0n) is 17.3. The van der Waals surface area contributed by atoms with Gasteiger partial charge in [-0.1, -0.05) is 29.8 Å². The van der Waals surface area contributed by atoms with Crippen LogP contribution in [-0.2, 0) is 4.79 Å². The third kappa shape index (κ3) is 5.26. The maximum absolute atomic E-state index is 12.3. The van der Waals surface area contributed by atoms with E-state index in [4.69, 9.17) is 4.74 Å². The van der Waals surface area contributed by atoms with E-state index in [1.807, 2.05) is 37.3 Å². The Hall–Kier alpha value is -4.42. The largest absolute Gasteiger partial charge is 0.456 e. The Morgan fingerprint density at radius 2 is 1.85 bits per heavy atom. The van der Waals surface area contributed by atoms with Crippen LogP contribution in [0.1, 0.15) is 16.7 Å². The Morgan fingerprint density at radius 1 is 1.12 bits per heavy atom. The average Bonchev–Trinajstić information content (AvgIpc) is 3.15. The Kier molecular flexibility index (Phi) is 6.20. The molecule has 3 aromatic rings. The summed E-state index contributed by atoms with van der Waals surface area (Å²) in [4.78, 5) is 27.6. The zero-order valence-corrected chi connectivity index (χ0v) is 18.1. The molecule has 1 fully saturated rings. The van der Waals surface area contributed by atoms with E-state index in [0.717, 1.165) is 16.8 Å². The first-order chi connectivity index (χ1) is 15.9. The van der Waals surface area contributed by atoms with Gasteiger partial charge in [0.05, 0.1) is 15.5 Å². The number of aliphatic imine (C=N–C) groups is 1. The summed E-state index contributed by atoms with van der Waals surface area (Å²) in [6.07, 6.45) is 1.74. The van der Waals surface area contributed by atoms with Gasteiger partial charge in [0.1, 0.15) is 23.1 Å². The molecule has 1 saturated heterocycles. The lowest BCUT2D eigenvalue weighted by molar-refractivity contribution is -0.384. The number of nitrogens with one attached hydrogen (secondary N) is 1.